The van der Waals surface area contributed by atoms with E-state index >= 15 is 0 Å². The van der Waals surface area contributed by atoms with Gasteiger partial charge in [-0.05, 0) is 31.5 Å². The van der Waals surface area contributed by atoms with Crippen LogP contribution in [0.2, 0.25) is 0 Å². The van der Waals surface area contributed by atoms with Gasteiger partial charge in [0.25, 0.3) is 0 Å². The molecule has 1 aliphatic heterocycles. The summed E-state index contributed by atoms with van der Waals surface area (Å²) < 4.78 is 18.3. The van der Waals surface area contributed by atoms with E-state index in [1.54, 1.807) is 24.3 Å². The maximum atomic E-state index is 13.0. The first-order valence-electron chi connectivity index (χ1n) is 5.58. The highest BCUT2D eigenvalue weighted by atomic mass is 35.5. The Morgan fingerprint density at radius 2 is 1.94 bits per heavy atom. The van der Waals surface area contributed by atoms with Crippen LogP contribution in [0.25, 0.3) is 0 Å². The molecular formula is C13H15ClFNO2. The topological polar surface area (TPSA) is 21.7 Å². The summed E-state index contributed by atoms with van der Waals surface area (Å²) in [7, 11) is 1.59. The molecule has 1 aromatic carbocycles. The van der Waals surface area contributed by atoms with Crippen molar-refractivity contribution in [1.29, 1.82) is 0 Å². The molecule has 0 amide bonds. The summed E-state index contributed by atoms with van der Waals surface area (Å²) in [5, 5.41) is 2.18. The van der Waals surface area contributed by atoms with Crippen LogP contribution in [0.4, 0.5) is 4.39 Å². The van der Waals surface area contributed by atoms with Gasteiger partial charge in [-0.25, -0.2) is 4.39 Å². The fourth-order valence-corrected chi connectivity index (χ4v) is 2.07. The molecule has 5 heteroatoms. The van der Waals surface area contributed by atoms with Gasteiger partial charge in [0, 0.05) is 7.11 Å². The van der Waals surface area contributed by atoms with Crippen molar-refractivity contribution < 1.29 is 14.0 Å². The Morgan fingerprint density at radius 1 is 1.33 bits per heavy atom. The number of methoxy groups -OCH3 is 1. The molecule has 0 saturated carbocycles. The lowest BCUT2D eigenvalue weighted by atomic mass is 10.1. The van der Waals surface area contributed by atoms with Gasteiger partial charge in [0.1, 0.15) is 23.8 Å². The number of hydroxylamine groups is 2. The fourth-order valence-electron chi connectivity index (χ4n) is 1.81. The Bertz CT molecular complexity index is 459. The number of hydrogen-bond acceptors (Lipinski definition) is 3. The summed E-state index contributed by atoms with van der Waals surface area (Å²) in [4.78, 5) is 5.44. The standard InChI is InChI=1S/C13H15ClFNO2/c1-13(2,17-3)16-12(11(14)8-18-16)9-4-6-10(15)7-5-9/h4-8,12H,1-3H3. The molecule has 1 atom stereocenters. The molecule has 1 heterocycles. The lowest BCUT2D eigenvalue weighted by Crippen LogP contribution is -2.44. The number of benzene rings is 1. The first-order chi connectivity index (χ1) is 8.45. The zero-order chi connectivity index (χ0) is 13.3. The van der Waals surface area contributed by atoms with Crippen LogP contribution in [0, 0.1) is 5.82 Å². The van der Waals surface area contributed by atoms with Crippen LogP contribution in [-0.2, 0) is 9.57 Å². The quantitative estimate of drug-likeness (QED) is 0.839. The molecule has 0 spiro atoms. The van der Waals surface area contributed by atoms with Gasteiger partial charge in [0.15, 0.2) is 0 Å². The van der Waals surface area contributed by atoms with Gasteiger partial charge in [0.2, 0.25) is 0 Å². The van der Waals surface area contributed by atoms with Gasteiger partial charge in [-0.1, -0.05) is 23.7 Å². The summed E-state index contributed by atoms with van der Waals surface area (Å²) in [6.45, 7) is 3.74. The molecule has 0 radical (unpaired) electrons. The molecule has 0 bridgehead atoms. The van der Waals surface area contributed by atoms with Crippen molar-refractivity contribution in [2.45, 2.75) is 25.6 Å². The van der Waals surface area contributed by atoms with Crippen molar-refractivity contribution in [2.24, 2.45) is 0 Å². The van der Waals surface area contributed by atoms with E-state index in [9.17, 15) is 4.39 Å². The molecule has 0 aliphatic carbocycles. The number of ether oxygens (including phenoxy) is 1. The molecule has 0 aromatic heterocycles. The van der Waals surface area contributed by atoms with Crippen LogP contribution in [0.3, 0.4) is 0 Å². The molecule has 3 nitrogen and oxygen atoms in total. The van der Waals surface area contributed by atoms with E-state index in [0.29, 0.717) is 5.03 Å². The third-order valence-electron chi connectivity index (χ3n) is 2.99. The highest BCUT2D eigenvalue weighted by Crippen LogP contribution is 2.40. The molecule has 0 saturated heterocycles. The first kappa shape index (κ1) is 13.3. The van der Waals surface area contributed by atoms with E-state index in [2.05, 4.69) is 0 Å². The zero-order valence-corrected chi connectivity index (χ0v) is 11.2. The van der Waals surface area contributed by atoms with Gasteiger partial charge in [-0.3, -0.25) is 0 Å². The van der Waals surface area contributed by atoms with Crippen molar-refractivity contribution in [3.63, 3.8) is 0 Å². The minimum Gasteiger partial charge on any atom is -0.409 e. The summed E-state index contributed by atoms with van der Waals surface area (Å²) in [5.41, 5.74) is 0.201. The van der Waals surface area contributed by atoms with Crippen LogP contribution in [0.5, 0.6) is 0 Å². The average molecular weight is 272 g/mol. The van der Waals surface area contributed by atoms with E-state index in [1.807, 2.05) is 13.8 Å². The minimum atomic E-state index is -0.647. The van der Waals surface area contributed by atoms with Crippen LogP contribution in [0.15, 0.2) is 35.6 Å². The fraction of sp³-hybridized carbons (Fsp3) is 0.385. The van der Waals surface area contributed by atoms with Gasteiger partial charge in [-0.15, -0.1) is 5.06 Å². The van der Waals surface area contributed by atoms with Gasteiger partial charge in [-0.2, -0.15) is 0 Å². The first-order valence-corrected chi connectivity index (χ1v) is 5.96. The molecule has 98 valence electrons. The van der Waals surface area contributed by atoms with Crippen molar-refractivity contribution in [3.8, 4) is 0 Å². The van der Waals surface area contributed by atoms with E-state index < -0.39 is 5.72 Å². The predicted molar refractivity (Wildman–Crippen MR) is 67.1 cm³/mol. The Kier molecular flexibility index (Phi) is 3.61. The highest BCUT2D eigenvalue weighted by molar-refractivity contribution is 6.30. The Morgan fingerprint density at radius 3 is 2.50 bits per heavy atom. The zero-order valence-electron chi connectivity index (χ0n) is 10.5. The maximum Gasteiger partial charge on any atom is 0.149 e. The average Bonchev–Trinajstić information content (AvgIpc) is 2.73. The summed E-state index contributed by atoms with van der Waals surface area (Å²) in [6, 6.07) is 5.88. The van der Waals surface area contributed by atoms with E-state index in [1.165, 1.54) is 18.4 Å². The Balaban J connectivity index is 2.33. The van der Waals surface area contributed by atoms with Crippen molar-refractivity contribution in [2.75, 3.05) is 7.11 Å². The van der Waals surface area contributed by atoms with Crippen molar-refractivity contribution in [3.05, 3.63) is 46.9 Å². The minimum absolute atomic E-state index is 0.282. The van der Waals surface area contributed by atoms with Gasteiger partial charge < -0.3 is 9.57 Å². The summed E-state index contributed by atoms with van der Waals surface area (Å²) in [6.07, 6.45) is 1.47. The Labute approximate surface area is 111 Å². The van der Waals surface area contributed by atoms with Crippen LogP contribution >= 0.6 is 11.6 Å². The molecule has 1 unspecified atom stereocenters. The molecule has 0 fully saturated rings. The van der Waals surface area contributed by atoms with E-state index in [-0.39, 0.29) is 11.9 Å². The normalized spacial score (nSPS) is 20.7. The van der Waals surface area contributed by atoms with Crippen molar-refractivity contribution in [1.82, 2.24) is 5.06 Å². The summed E-state index contributed by atoms with van der Waals surface area (Å²) in [5.74, 6) is -0.282. The molecule has 2 rings (SSSR count). The largest absolute Gasteiger partial charge is 0.409 e. The Hall–Kier alpha value is -1.10. The molecule has 1 aromatic rings. The third-order valence-corrected chi connectivity index (χ3v) is 3.29. The maximum absolute atomic E-state index is 13.0. The van der Waals surface area contributed by atoms with Gasteiger partial charge in [0.05, 0.1) is 5.03 Å². The molecule has 1 aliphatic rings. The number of nitrogens with zero attached hydrogens (tertiary/aromatic N) is 1. The number of halogens is 2. The van der Waals surface area contributed by atoms with E-state index in [0.717, 1.165) is 5.56 Å². The van der Waals surface area contributed by atoms with Crippen LogP contribution < -0.4 is 0 Å². The molecule has 0 N–H and O–H groups in total. The van der Waals surface area contributed by atoms with E-state index in [4.69, 9.17) is 21.2 Å². The third kappa shape index (κ3) is 2.36. The lowest BCUT2D eigenvalue weighted by molar-refractivity contribution is -0.264. The molecule has 18 heavy (non-hydrogen) atoms. The molecular weight excluding hydrogens is 257 g/mol. The highest BCUT2D eigenvalue weighted by Gasteiger charge is 2.40. The number of hydrogen-bond donors (Lipinski definition) is 0. The van der Waals surface area contributed by atoms with Crippen LogP contribution in [0.1, 0.15) is 25.5 Å². The second kappa shape index (κ2) is 4.88. The van der Waals surface area contributed by atoms with Gasteiger partial charge >= 0.3 is 0 Å². The second-order valence-corrected chi connectivity index (χ2v) is 4.98. The number of rotatable bonds is 3. The SMILES string of the molecule is COC(C)(C)N1OC=C(Cl)C1c1ccc(F)cc1. The summed E-state index contributed by atoms with van der Waals surface area (Å²) >= 11 is 6.16. The van der Waals surface area contributed by atoms with Crippen molar-refractivity contribution >= 4 is 11.6 Å². The predicted octanol–water partition coefficient (Wildman–Crippen LogP) is 3.58. The monoisotopic (exact) mass is 271 g/mol. The lowest BCUT2D eigenvalue weighted by Gasteiger charge is -2.36. The second-order valence-electron chi connectivity index (χ2n) is 4.54. The van der Waals surface area contributed by atoms with Crippen LogP contribution in [-0.4, -0.2) is 17.9 Å². The smallest absolute Gasteiger partial charge is 0.149 e.